The van der Waals surface area contributed by atoms with Crippen molar-refractivity contribution < 1.29 is 13.2 Å². The van der Waals surface area contributed by atoms with Crippen molar-refractivity contribution in [1.29, 1.82) is 0 Å². The van der Waals surface area contributed by atoms with E-state index in [1.54, 1.807) is 22.8 Å². The average molecular weight is 433 g/mol. The van der Waals surface area contributed by atoms with Crippen molar-refractivity contribution in [2.75, 3.05) is 26.2 Å². The molecule has 1 aromatic carbocycles. The SMILES string of the molecule is Cc1cc(C(C)(C)C)cc(C)c1S(=O)(=O)N1CCN(C(=O)c2cnn(C)c2C)CC1. The molecule has 0 saturated carbocycles. The molecule has 164 valence electrons. The van der Waals surface area contributed by atoms with Crippen molar-refractivity contribution >= 4 is 15.9 Å². The molecule has 0 bridgehead atoms. The number of carbonyl (C=O) groups excluding carboxylic acids is 1. The van der Waals surface area contributed by atoms with Gasteiger partial charge in [0.05, 0.1) is 16.7 Å². The van der Waals surface area contributed by atoms with E-state index in [2.05, 4.69) is 25.9 Å². The number of rotatable bonds is 3. The van der Waals surface area contributed by atoms with E-state index in [-0.39, 0.29) is 24.4 Å². The Balaban J connectivity index is 1.80. The monoisotopic (exact) mass is 432 g/mol. The Morgan fingerprint density at radius 3 is 1.97 bits per heavy atom. The number of benzene rings is 1. The summed E-state index contributed by atoms with van der Waals surface area (Å²) < 4.78 is 30.0. The number of nitrogens with zero attached hydrogens (tertiary/aromatic N) is 4. The summed E-state index contributed by atoms with van der Waals surface area (Å²) in [6, 6.07) is 3.95. The topological polar surface area (TPSA) is 75.5 Å². The van der Waals surface area contributed by atoms with Gasteiger partial charge in [-0.15, -0.1) is 0 Å². The first kappa shape index (κ1) is 22.5. The van der Waals surface area contributed by atoms with Crippen LogP contribution >= 0.6 is 0 Å². The number of sulfonamides is 1. The van der Waals surface area contributed by atoms with E-state index in [0.717, 1.165) is 22.4 Å². The Bertz CT molecular complexity index is 1050. The second-order valence-corrected chi connectivity index (χ2v) is 11.0. The zero-order valence-electron chi connectivity index (χ0n) is 19.0. The van der Waals surface area contributed by atoms with Crippen molar-refractivity contribution in [2.45, 2.75) is 51.9 Å². The van der Waals surface area contributed by atoms with Crippen LogP contribution in [0, 0.1) is 20.8 Å². The van der Waals surface area contributed by atoms with Gasteiger partial charge in [-0.05, 0) is 42.9 Å². The number of carbonyl (C=O) groups is 1. The van der Waals surface area contributed by atoms with Crippen LogP contribution in [-0.2, 0) is 22.5 Å². The van der Waals surface area contributed by atoms with Crippen LogP contribution in [0.3, 0.4) is 0 Å². The molecule has 30 heavy (non-hydrogen) atoms. The maximum absolute atomic E-state index is 13.4. The van der Waals surface area contributed by atoms with Crippen molar-refractivity contribution in [3.05, 3.63) is 46.3 Å². The molecule has 1 amide bonds. The second-order valence-electron chi connectivity index (χ2n) is 9.15. The van der Waals surface area contributed by atoms with Crippen LogP contribution in [0.25, 0.3) is 0 Å². The smallest absolute Gasteiger partial charge is 0.257 e. The van der Waals surface area contributed by atoms with Crippen LogP contribution in [0.5, 0.6) is 0 Å². The Morgan fingerprint density at radius 2 is 1.53 bits per heavy atom. The lowest BCUT2D eigenvalue weighted by Gasteiger charge is -2.34. The quantitative estimate of drug-likeness (QED) is 0.747. The highest BCUT2D eigenvalue weighted by molar-refractivity contribution is 7.89. The third kappa shape index (κ3) is 4.03. The van der Waals surface area contributed by atoms with Gasteiger partial charge in [0.1, 0.15) is 0 Å². The molecule has 1 aromatic heterocycles. The Kier molecular flexibility index (Phi) is 5.86. The van der Waals surface area contributed by atoms with Crippen molar-refractivity contribution in [3.63, 3.8) is 0 Å². The average Bonchev–Trinajstić information content (AvgIpc) is 2.98. The molecule has 0 spiro atoms. The van der Waals surface area contributed by atoms with Crippen molar-refractivity contribution in [1.82, 2.24) is 19.0 Å². The number of piperazine rings is 1. The van der Waals surface area contributed by atoms with Gasteiger partial charge in [-0.2, -0.15) is 9.40 Å². The second kappa shape index (κ2) is 7.81. The zero-order valence-corrected chi connectivity index (χ0v) is 19.8. The largest absolute Gasteiger partial charge is 0.336 e. The maximum Gasteiger partial charge on any atom is 0.257 e. The molecule has 1 fully saturated rings. The van der Waals surface area contributed by atoms with Crippen LogP contribution in [0.4, 0.5) is 0 Å². The first-order chi connectivity index (χ1) is 13.8. The minimum Gasteiger partial charge on any atom is -0.336 e. The fourth-order valence-electron chi connectivity index (χ4n) is 3.93. The van der Waals surface area contributed by atoms with Gasteiger partial charge in [0.15, 0.2) is 0 Å². The minimum absolute atomic E-state index is 0.0474. The highest BCUT2D eigenvalue weighted by atomic mass is 32.2. The molecule has 1 aliphatic heterocycles. The summed E-state index contributed by atoms with van der Waals surface area (Å²) in [7, 11) is -1.83. The standard InChI is InChI=1S/C22H32N4O3S/c1-15-12-18(22(4,5)6)13-16(2)20(15)30(28,29)26-10-8-25(9-11-26)21(27)19-14-23-24(7)17(19)3/h12-14H,8-11H2,1-7H3. The molecule has 1 aliphatic rings. The summed E-state index contributed by atoms with van der Waals surface area (Å²) in [4.78, 5) is 14.9. The lowest BCUT2D eigenvalue weighted by atomic mass is 9.85. The van der Waals surface area contributed by atoms with Gasteiger partial charge in [0, 0.05) is 38.9 Å². The van der Waals surface area contributed by atoms with Gasteiger partial charge in [-0.3, -0.25) is 9.48 Å². The van der Waals surface area contributed by atoms with Crippen molar-refractivity contribution in [3.8, 4) is 0 Å². The number of amides is 1. The van der Waals surface area contributed by atoms with Crippen LogP contribution in [0.1, 0.15) is 53.5 Å². The van der Waals surface area contributed by atoms with Crippen molar-refractivity contribution in [2.24, 2.45) is 7.05 Å². The van der Waals surface area contributed by atoms with E-state index in [9.17, 15) is 13.2 Å². The Morgan fingerprint density at radius 1 is 1.00 bits per heavy atom. The van der Waals surface area contributed by atoms with E-state index in [4.69, 9.17) is 0 Å². The maximum atomic E-state index is 13.4. The molecular formula is C22H32N4O3S. The highest BCUT2D eigenvalue weighted by Gasteiger charge is 2.33. The van der Waals surface area contributed by atoms with Gasteiger partial charge >= 0.3 is 0 Å². The third-order valence-corrected chi connectivity index (χ3v) is 8.12. The van der Waals surface area contributed by atoms with E-state index < -0.39 is 10.0 Å². The number of hydrogen-bond acceptors (Lipinski definition) is 4. The normalized spacial score (nSPS) is 16.2. The van der Waals surface area contributed by atoms with Gasteiger partial charge in [0.25, 0.3) is 5.91 Å². The fraction of sp³-hybridized carbons (Fsp3) is 0.545. The van der Waals surface area contributed by atoms with Crippen LogP contribution < -0.4 is 0 Å². The summed E-state index contributed by atoms with van der Waals surface area (Å²) in [5.74, 6) is -0.0976. The van der Waals surface area contributed by atoms with Crippen LogP contribution in [0.15, 0.2) is 23.2 Å². The molecule has 0 aliphatic carbocycles. The third-order valence-electron chi connectivity index (χ3n) is 5.92. The van der Waals surface area contributed by atoms with Gasteiger partial charge in [-0.25, -0.2) is 8.42 Å². The van der Waals surface area contributed by atoms with Gasteiger partial charge in [-0.1, -0.05) is 32.9 Å². The molecule has 8 heteroatoms. The first-order valence-corrected chi connectivity index (χ1v) is 11.7. The summed E-state index contributed by atoms with van der Waals surface area (Å²) in [6.07, 6.45) is 1.57. The zero-order chi connectivity index (χ0) is 22.4. The predicted molar refractivity (Wildman–Crippen MR) is 117 cm³/mol. The van der Waals surface area contributed by atoms with Crippen LogP contribution in [-0.4, -0.2) is 59.5 Å². The highest BCUT2D eigenvalue weighted by Crippen LogP contribution is 2.31. The van der Waals surface area contributed by atoms with Gasteiger partial charge < -0.3 is 4.90 Å². The van der Waals surface area contributed by atoms with Gasteiger partial charge in [0.2, 0.25) is 10.0 Å². The molecule has 2 heterocycles. The van der Waals surface area contributed by atoms with E-state index >= 15 is 0 Å². The molecule has 1 saturated heterocycles. The molecule has 2 aromatic rings. The lowest BCUT2D eigenvalue weighted by molar-refractivity contribution is 0.0697. The van der Waals surface area contributed by atoms with E-state index in [0.29, 0.717) is 23.5 Å². The summed E-state index contributed by atoms with van der Waals surface area (Å²) in [5, 5.41) is 4.13. The molecule has 3 rings (SSSR count). The molecular weight excluding hydrogens is 400 g/mol. The Hall–Kier alpha value is -2.19. The summed E-state index contributed by atoms with van der Waals surface area (Å²) in [6.45, 7) is 13.2. The molecule has 0 unspecified atom stereocenters. The molecule has 0 radical (unpaired) electrons. The molecule has 7 nitrogen and oxygen atoms in total. The molecule has 0 N–H and O–H groups in total. The Labute approximate surface area is 179 Å². The van der Waals surface area contributed by atoms with E-state index in [1.807, 2.05) is 32.9 Å². The first-order valence-electron chi connectivity index (χ1n) is 10.2. The number of hydrogen-bond donors (Lipinski definition) is 0. The molecule has 0 atom stereocenters. The number of aryl methyl sites for hydroxylation is 3. The van der Waals surface area contributed by atoms with Crippen LogP contribution in [0.2, 0.25) is 0 Å². The summed E-state index contributed by atoms with van der Waals surface area (Å²) >= 11 is 0. The summed E-state index contributed by atoms with van der Waals surface area (Å²) in [5.41, 5.74) is 3.99. The fourth-order valence-corrected chi connectivity index (χ4v) is 5.76. The van der Waals surface area contributed by atoms with E-state index in [1.165, 1.54) is 4.31 Å². The minimum atomic E-state index is -3.62. The lowest BCUT2D eigenvalue weighted by Crippen LogP contribution is -2.50. The number of aromatic nitrogens is 2. The predicted octanol–water partition coefficient (Wildman–Crippen LogP) is 2.79.